The number of terminal acetylenes is 1. The Hall–Kier alpha value is -2.60. The van der Waals surface area contributed by atoms with E-state index in [0.29, 0.717) is 0 Å². The second-order valence-corrected chi connectivity index (χ2v) is 3.95. The zero-order valence-electron chi connectivity index (χ0n) is 9.96. The molecule has 0 atom stereocenters. The van der Waals surface area contributed by atoms with Crippen LogP contribution in [0.15, 0.2) is 30.7 Å². The Kier molecular flexibility index (Phi) is 2.35. The second-order valence-electron chi connectivity index (χ2n) is 3.95. The van der Waals surface area contributed by atoms with Crippen molar-refractivity contribution in [1.82, 2.24) is 14.4 Å². The topological polar surface area (TPSA) is 30.2 Å². The highest BCUT2D eigenvalue weighted by molar-refractivity contribution is 5.79. The smallest absolute Gasteiger partial charge is 0.145 e. The van der Waals surface area contributed by atoms with Crippen molar-refractivity contribution in [3.05, 3.63) is 41.2 Å². The number of aromatic nitrogens is 3. The van der Waals surface area contributed by atoms with E-state index in [2.05, 4.69) is 15.9 Å². The maximum Gasteiger partial charge on any atom is 0.145 e. The fraction of sp³-hybridized carbons (Fsp3) is 0.0667. The van der Waals surface area contributed by atoms with Gasteiger partial charge in [0, 0.05) is 17.6 Å². The molecule has 18 heavy (non-hydrogen) atoms. The number of fused-ring (bicyclic) bond motifs is 3. The number of hydrogen-bond acceptors (Lipinski definition) is 2. The first kappa shape index (κ1) is 10.5. The molecule has 0 saturated carbocycles. The van der Waals surface area contributed by atoms with Crippen molar-refractivity contribution >= 4 is 28.8 Å². The van der Waals surface area contributed by atoms with E-state index in [1.807, 2.05) is 41.9 Å². The monoisotopic (exact) mass is 233 g/mol. The molecule has 3 heterocycles. The summed E-state index contributed by atoms with van der Waals surface area (Å²) in [6.07, 6.45) is 14.7. The van der Waals surface area contributed by atoms with Gasteiger partial charge in [-0.2, -0.15) is 0 Å². The molecule has 0 bridgehead atoms. The highest BCUT2D eigenvalue weighted by atomic mass is 15.0. The summed E-state index contributed by atoms with van der Waals surface area (Å²) in [4.78, 5) is 8.77. The predicted octanol–water partition coefficient (Wildman–Crippen LogP) is 1.10. The standard InChI is InChI=1S/C15H11N3/c1-3-5-11-7-9-18-14-10-16-8-6-13(14)17-15(18)12(11)4-2/h1,4-10H,2H3. The van der Waals surface area contributed by atoms with Gasteiger partial charge in [0.2, 0.25) is 0 Å². The molecule has 0 aliphatic rings. The normalized spacial score (nSPS) is 13.3. The van der Waals surface area contributed by atoms with Gasteiger partial charge in [0.25, 0.3) is 0 Å². The van der Waals surface area contributed by atoms with Crippen molar-refractivity contribution in [1.29, 1.82) is 0 Å². The van der Waals surface area contributed by atoms with Crippen LogP contribution >= 0.6 is 0 Å². The van der Waals surface area contributed by atoms with Gasteiger partial charge in [0.1, 0.15) is 5.65 Å². The molecule has 0 amide bonds. The molecular weight excluding hydrogens is 222 g/mol. The molecule has 3 nitrogen and oxygen atoms in total. The van der Waals surface area contributed by atoms with Crippen LogP contribution in [0, 0.1) is 12.3 Å². The summed E-state index contributed by atoms with van der Waals surface area (Å²) in [5, 5.41) is 2.06. The van der Waals surface area contributed by atoms with Gasteiger partial charge < -0.3 is 0 Å². The highest BCUT2D eigenvalue weighted by Crippen LogP contribution is 2.11. The predicted molar refractivity (Wildman–Crippen MR) is 73.2 cm³/mol. The summed E-state index contributed by atoms with van der Waals surface area (Å²) < 4.78 is 2.03. The first-order chi connectivity index (χ1) is 8.85. The summed E-state index contributed by atoms with van der Waals surface area (Å²) in [7, 11) is 0. The van der Waals surface area contributed by atoms with E-state index in [-0.39, 0.29) is 0 Å². The van der Waals surface area contributed by atoms with Gasteiger partial charge in [-0.05, 0) is 30.4 Å². The third kappa shape index (κ3) is 1.40. The van der Waals surface area contributed by atoms with Crippen LogP contribution < -0.4 is 10.4 Å². The molecule has 3 rings (SSSR count). The number of hydrogen-bond donors (Lipinski definition) is 0. The molecule has 3 aromatic heterocycles. The van der Waals surface area contributed by atoms with E-state index in [4.69, 9.17) is 6.42 Å². The van der Waals surface area contributed by atoms with Crippen LogP contribution in [-0.2, 0) is 0 Å². The maximum atomic E-state index is 5.35. The van der Waals surface area contributed by atoms with Crippen molar-refractivity contribution in [3.8, 4) is 12.3 Å². The minimum absolute atomic E-state index is 0.907. The number of imidazole rings is 1. The van der Waals surface area contributed by atoms with E-state index >= 15 is 0 Å². The third-order valence-corrected chi connectivity index (χ3v) is 2.97. The minimum Gasteiger partial charge on any atom is -0.298 e. The van der Waals surface area contributed by atoms with Gasteiger partial charge in [-0.25, -0.2) is 4.98 Å². The fourth-order valence-corrected chi connectivity index (χ4v) is 2.17. The molecular formula is C15H11N3. The van der Waals surface area contributed by atoms with Gasteiger partial charge in [0.05, 0.1) is 17.2 Å². The molecule has 0 saturated heterocycles. The molecule has 0 spiro atoms. The lowest BCUT2D eigenvalue weighted by molar-refractivity contribution is 1.19. The second kappa shape index (κ2) is 4.01. The SMILES string of the molecule is C#CC=c1ccn2c(nc3ccncc32)c1=CC. The quantitative estimate of drug-likeness (QED) is 0.544. The first-order valence-electron chi connectivity index (χ1n) is 5.68. The first-order valence-corrected chi connectivity index (χ1v) is 5.68. The molecule has 0 unspecified atom stereocenters. The lowest BCUT2D eigenvalue weighted by atomic mass is 10.2. The van der Waals surface area contributed by atoms with Gasteiger partial charge in [-0.3, -0.25) is 9.38 Å². The van der Waals surface area contributed by atoms with Crippen LogP contribution in [-0.4, -0.2) is 14.4 Å². The molecule has 86 valence electrons. The fourth-order valence-electron chi connectivity index (χ4n) is 2.17. The number of nitrogens with zero attached hydrogens (tertiary/aromatic N) is 3. The Labute approximate surface area is 104 Å². The minimum atomic E-state index is 0.907. The van der Waals surface area contributed by atoms with E-state index < -0.39 is 0 Å². The zero-order valence-corrected chi connectivity index (χ0v) is 9.96. The van der Waals surface area contributed by atoms with Crippen LogP contribution in [0.1, 0.15) is 6.92 Å². The van der Waals surface area contributed by atoms with Gasteiger partial charge in [-0.1, -0.05) is 12.0 Å². The molecule has 0 N–H and O–H groups in total. The summed E-state index contributed by atoms with van der Waals surface area (Å²) in [6.45, 7) is 1.99. The molecule has 0 fully saturated rings. The summed E-state index contributed by atoms with van der Waals surface area (Å²) in [5.74, 6) is 2.56. The van der Waals surface area contributed by atoms with Gasteiger partial charge in [0.15, 0.2) is 0 Å². The van der Waals surface area contributed by atoms with Crippen LogP contribution in [0.5, 0.6) is 0 Å². The largest absolute Gasteiger partial charge is 0.298 e. The maximum absolute atomic E-state index is 5.35. The summed E-state index contributed by atoms with van der Waals surface area (Å²) in [6, 6.07) is 3.91. The average Bonchev–Trinajstić information content (AvgIpc) is 2.77. The molecule has 3 heteroatoms. The number of rotatable bonds is 0. The van der Waals surface area contributed by atoms with Crippen LogP contribution in [0.3, 0.4) is 0 Å². The molecule has 0 radical (unpaired) electrons. The zero-order chi connectivity index (χ0) is 12.5. The lowest BCUT2D eigenvalue weighted by Gasteiger charge is -1.96. The van der Waals surface area contributed by atoms with Gasteiger partial charge >= 0.3 is 0 Å². The van der Waals surface area contributed by atoms with E-state index in [1.54, 1.807) is 12.3 Å². The van der Waals surface area contributed by atoms with Crippen LogP contribution in [0.4, 0.5) is 0 Å². The Balaban J connectivity index is 2.62. The van der Waals surface area contributed by atoms with Crippen molar-refractivity contribution in [3.63, 3.8) is 0 Å². The van der Waals surface area contributed by atoms with Crippen molar-refractivity contribution in [2.24, 2.45) is 0 Å². The van der Waals surface area contributed by atoms with Crippen LogP contribution in [0.25, 0.3) is 28.8 Å². The molecule has 0 aromatic carbocycles. The van der Waals surface area contributed by atoms with Crippen LogP contribution in [0.2, 0.25) is 0 Å². The molecule has 0 aliphatic carbocycles. The van der Waals surface area contributed by atoms with Gasteiger partial charge in [-0.15, -0.1) is 6.42 Å². The van der Waals surface area contributed by atoms with Crippen molar-refractivity contribution in [2.45, 2.75) is 6.92 Å². The number of pyridine rings is 2. The summed E-state index contributed by atoms with van der Waals surface area (Å²) in [5.41, 5.74) is 2.85. The van der Waals surface area contributed by atoms with Crippen molar-refractivity contribution in [2.75, 3.05) is 0 Å². The lowest BCUT2D eigenvalue weighted by Crippen LogP contribution is -2.26. The van der Waals surface area contributed by atoms with E-state index in [0.717, 1.165) is 27.1 Å². The average molecular weight is 233 g/mol. The van der Waals surface area contributed by atoms with E-state index in [1.165, 1.54) is 0 Å². The Bertz CT molecular complexity index is 895. The van der Waals surface area contributed by atoms with E-state index in [9.17, 15) is 0 Å². The Morgan fingerprint density at radius 3 is 3.06 bits per heavy atom. The molecule has 3 aromatic rings. The Morgan fingerprint density at radius 1 is 1.39 bits per heavy atom. The third-order valence-electron chi connectivity index (χ3n) is 2.97. The summed E-state index contributed by atoms with van der Waals surface area (Å²) >= 11 is 0. The highest BCUT2D eigenvalue weighted by Gasteiger charge is 2.04. The molecule has 0 aliphatic heterocycles. The van der Waals surface area contributed by atoms with Crippen molar-refractivity contribution < 1.29 is 0 Å². The Morgan fingerprint density at radius 2 is 2.28 bits per heavy atom.